The molecule has 2 aliphatic heterocycles. The maximum atomic E-state index is 12.9. The summed E-state index contributed by atoms with van der Waals surface area (Å²) < 4.78 is 6.35. The third-order valence-corrected chi connectivity index (χ3v) is 7.92. The largest absolute Gasteiger partial charge is 0.504 e. The Balaban J connectivity index is 1.46. The van der Waals surface area contributed by atoms with Crippen LogP contribution in [-0.2, 0) is 11.8 Å². The fraction of sp³-hybridized carbons (Fsp3) is 0.478. The fourth-order valence-corrected chi connectivity index (χ4v) is 6.66. The van der Waals surface area contributed by atoms with E-state index in [0.717, 1.165) is 31.4 Å². The predicted molar refractivity (Wildman–Crippen MR) is 108 cm³/mol. The summed E-state index contributed by atoms with van der Waals surface area (Å²) in [6, 6.07) is 7.42. The first-order valence-corrected chi connectivity index (χ1v) is 10.6. The quantitative estimate of drug-likeness (QED) is 0.655. The van der Waals surface area contributed by atoms with Crippen LogP contribution in [0.2, 0.25) is 0 Å². The number of piperidine rings is 1. The summed E-state index contributed by atoms with van der Waals surface area (Å²) in [4.78, 5) is 19.3. The van der Waals surface area contributed by atoms with Gasteiger partial charge >= 0.3 is 0 Å². The van der Waals surface area contributed by atoms with Crippen molar-refractivity contribution in [3.05, 3.63) is 53.3 Å². The number of likely N-dealkylation sites (N-methyl/N-ethyl adjacent to an activating group) is 1. The third-order valence-electron chi connectivity index (χ3n) is 7.92. The zero-order chi connectivity index (χ0) is 20.7. The number of nitrogens with zero attached hydrogens (tertiary/aromatic N) is 2. The number of amides is 1. The van der Waals surface area contributed by atoms with Crippen molar-refractivity contribution in [1.82, 2.24) is 15.2 Å². The van der Waals surface area contributed by atoms with Crippen molar-refractivity contribution >= 4 is 5.91 Å². The Hall–Kier alpha value is -2.64. The highest BCUT2D eigenvalue weighted by atomic mass is 16.5. The molecule has 0 unspecified atom stereocenters. The minimum atomic E-state index is -1.52. The monoisotopic (exact) mass is 407 g/mol. The molecule has 1 amide bonds. The second-order valence-corrected chi connectivity index (χ2v) is 9.25. The fourth-order valence-electron chi connectivity index (χ4n) is 6.66. The van der Waals surface area contributed by atoms with Gasteiger partial charge in [-0.3, -0.25) is 9.78 Å². The molecular formula is C23H25N3O4. The van der Waals surface area contributed by atoms with E-state index in [1.54, 1.807) is 24.4 Å². The topological polar surface area (TPSA) is 94.9 Å². The Labute approximate surface area is 174 Å². The lowest BCUT2D eigenvalue weighted by atomic mass is 9.50. The Kier molecular flexibility index (Phi) is 3.60. The molecule has 2 fully saturated rings. The number of ether oxygens (including phenoxy) is 1. The van der Waals surface area contributed by atoms with Gasteiger partial charge in [0.25, 0.3) is 5.91 Å². The van der Waals surface area contributed by atoms with Gasteiger partial charge in [-0.05, 0) is 69.0 Å². The van der Waals surface area contributed by atoms with Gasteiger partial charge in [-0.15, -0.1) is 0 Å². The standard InChI is InChI=1S/C23H25N3O4/c1-26-10-8-22-15-6-7-23(29,25-20(28)14-3-2-9-24-12-14)21(22)30-19-17(27)5-4-13(18(19)22)11-16(15)26/h2-5,9,12,15-16,21,27,29H,6-8,10-11H2,1H3,(H,25,28)/t15-,16+,21+,22-,23+/m0/s1. The van der Waals surface area contributed by atoms with Crippen LogP contribution in [-0.4, -0.2) is 57.5 Å². The van der Waals surface area contributed by atoms with Crippen LogP contribution in [0.3, 0.4) is 0 Å². The molecule has 156 valence electrons. The summed E-state index contributed by atoms with van der Waals surface area (Å²) in [6.45, 7) is 0.891. The highest BCUT2D eigenvalue weighted by Crippen LogP contribution is 2.64. The van der Waals surface area contributed by atoms with E-state index >= 15 is 0 Å². The first-order valence-electron chi connectivity index (χ1n) is 10.6. The van der Waals surface area contributed by atoms with Gasteiger partial charge in [0.15, 0.2) is 23.3 Å². The number of aliphatic hydroxyl groups is 1. The number of phenols is 1. The molecule has 1 spiro atoms. The van der Waals surface area contributed by atoms with Gasteiger partial charge in [0.05, 0.1) is 5.56 Å². The number of carbonyl (C=O) groups excluding carboxylic acids is 1. The van der Waals surface area contributed by atoms with Crippen LogP contribution in [0.1, 0.15) is 40.7 Å². The number of rotatable bonds is 2. The van der Waals surface area contributed by atoms with Crippen LogP contribution >= 0.6 is 0 Å². The number of pyridine rings is 1. The molecule has 1 saturated carbocycles. The molecule has 0 radical (unpaired) electrons. The third kappa shape index (κ3) is 2.17. The van der Waals surface area contributed by atoms with E-state index in [9.17, 15) is 15.0 Å². The number of phenolic OH excluding ortho intramolecular Hbond substituents is 1. The molecule has 3 heterocycles. The molecule has 1 aromatic heterocycles. The van der Waals surface area contributed by atoms with Crippen LogP contribution in [0.15, 0.2) is 36.7 Å². The minimum absolute atomic E-state index is 0.106. The maximum Gasteiger partial charge on any atom is 0.255 e. The lowest BCUT2D eigenvalue weighted by Gasteiger charge is -2.60. The average Bonchev–Trinajstić information content (AvgIpc) is 3.11. The second kappa shape index (κ2) is 5.95. The molecule has 7 nitrogen and oxygen atoms in total. The highest BCUT2D eigenvalue weighted by molar-refractivity contribution is 5.94. The van der Waals surface area contributed by atoms with E-state index < -0.39 is 17.2 Å². The molecule has 3 N–H and O–H groups in total. The summed E-state index contributed by atoms with van der Waals surface area (Å²) in [7, 11) is 2.17. The number of likely N-dealkylation sites (tertiary alicyclic amines) is 1. The molecule has 1 aromatic carbocycles. The van der Waals surface area contributed by atoms with Crippen molar-refractivity contribution in [2.45, 2.75) is 49.0 Å². The highest BCUT2D eigenvalue weighted by Gasteiger charge is 2.69. The van der Waals surface area contributed by atoms with Crippen LogP contribution in [0.5, 0.6) is 11.5 Å². The molecule has 2 bridgehead atoms. The second-order valence-electron chi connectivity index (χ2n) is 9.25. The van der Waals surface area contributed by atoms with Crippen molar-refractivity contribution in [3.8, 4) is 11.5 Å². The zero-order valence-corrected chi connectivity index (χ0v) is 16.8. The van der Waals surface area contributed by atoms with Crippen molar-refractivity contribution < 1.29 is 19.7 Å². The molecule has 5 atom stereocenters. The summed E-state index contributed by atoms with van der Waals surface area (Å²) in [5.74, 6) is 0.535. The number of aromatic nitrogens is 1. The number of benzene rings is 1. The Morgan fingerprint density at radius 3 is 3.00 bits per heavy atom. The molecule has 2 aromatic rings. The van der Waals surface area contributed by atoms with Gasteiger partial charge in [-0.25, -0.2) is 0 Å². The smallest absolute Gasteiger partial charge is 0.255 e. The number of nitrogens with one attached hydrogen (secondary N) is 1. The first-order chi connectivity index (χ1) is 14.4. The lowest BCUT2D eigenvalue weighted by Crippen LogP contribution is -2.73. The van der Waals surface area contributed by atoms with Crippen LogP contribution in [0.4, 0.5) is 0 Å². The minimum Gasteiger partial charge on any atom is -0.504 e. The van der Waals surface area contributed by atoms with Gasteiger partial charge < -0.3 is 25.2 Å². The Bertz CT molecular complexity index is 1040. The number of hydrogen-bond acceptors (Lipinski definition) is 6. The van der Waals surface area contributed by atoms with E-state index in [2.05, 4.69) is 22.2 Å². The summed E-state index contributed by atoms with van der Waals surface area (Å²) in [5.41, 5.74) is 0.698. The van der Waals surface area contributed by atoms with E-state index in [1.807, 2.05) is 6.07 Å². The number of aromatic hydroxyl groups is 1. The normalized spacial score (nSPS) is 36.0. The molecule has 30 heavy (non-hydrogen) atoms. The van der Waals surface area contributed by atoms with Gasteiger partial charge in [0.1, 0.15) is 0 Å². The molecule has 6 rings (SSSR count). The predicted octanol–water partition coefficient (Wildman–Crippen LogP) is 1.57. The van der Waals surface area contributed by atoms with Gasteiger partial charge in [0, 0.05) is 29.4 Å². The molecule has 2 aliphatic carbocycles. The summed E-state index contributed by atoms with van der Waals surface area (Å²) in [6.07, 6.45) is 5.40. The molecule has 4 aliphatic rings. The summed E-state index contributed by atoms with van der Waals surface area (Å²) >= 11 is 0. The average molecular weight is 407 g/mol. The first kappa shape index (κ1) is 18.2. The van der Waals surface area contributed by atoms with Crippen LogP contribution in [0, 0.1) is 5.92 Å². The zero-order valence-electron chi connectivity index (χ0n) is 16.8. The number of hydrogen-bond donors (Lipinski definition) is 3. The summed E-state index contributed by atoms with van der Waals surface area (Å²) in [5, 5.41) is 25.2. The van der Waals surface area contributed by atoms with E-state index in [4.69, 9.17) is 4.74 Å². The van der Waals surface area contributed by atoms with E-state index in [-0.39, 0.29) is 11.7 Å². The number of carbonyl (C=O) groups is 1. The van der Waals surface area contributed by atoms with Crippen LogP contribution in [0.25, 0.3) is 0 Å². The van der Waals surface area contributed by atoms with Gasteiger partial charge in [0.2, 0.25) is 0 Å². The van der Waals surface area contributed by atoms with Crippen molar-refractivity contribution in [2.75, 3.05) is 13.6 Å². The lowest BCUT2D eigenvalue weighted by molar-refractivity contribution is -0.166. The van der Waals surface area contributed by atoms with Gasteiger partial charge in [-0.2, -0.15) is 0 Å². The Morgan fingerprint density at radius 1 is 1.33 bits per heavy atom. The van der Waals surface area contributed by atoms with E-state index in [1.165, 1.54) is 11.8 Å². The molecule has 7 heteroatoms. The SMILES string of the molecule is CN1CC[C@]23c4c5ccc(O)c4O[C@H]2[C@@](O)(NC(=O)c2cccnc2)CC[C@H]3[C@H]1C5. The molecule has 1 saturated heterocycles. The van der Waals surface area contributed by atoms with Crippen LogP contribution < -0.4 is 10.1 Å². The van der Waals surface area contributed by atoms with Crippen molar-refractivity contribution in [1.29, 1.82) is 0 Å². The van der Waals surface area contributed by atoms with Gasteiger partial charge in [-0.1, -0.05) is 6.07 Å². The Morgan fingerprint density at radius 2 is 2.20 bits per heavy atom. The van der Waals surface area contributed by atoms with E-state index in [0.29, 0.717) is 29.7 Å². The van der Waals surface area contributed by atoms with Crippen molar-refractivity contribution in [3.63, 3.8) is 0 Å². The van der Waals surface area contributed by atoms with Crippen molar-refractivity contribution in [2.24, 2.45) is 5.92 Å². The maximum absolute atomic E-state index is 12.9. The molecular weight excluding hydrogens is 382 g/mol.